The molecule has 0 radical (unpaired) electrons. The van der Waals surface area contributed by atoms with Gasteiger partial charge in [-0.3, -0.25) is 24.9 Å². The SMILES string of the molecule is CC(C)CCc1cc2nccnc2nn1.CC(C)c1nnc2c(n1)CCCC2.CCc1cc2ncc(C(C)C)nc2cn1.CCc1cc2ncc(C(C)C)nc2cn1.Cc1ncc2cnc(CC(C)C)nc2n1. The van der Waals surface area contributed by atoms with Gasteiger partial charge >= 0.3 is 0 Å². The molecule has 1 aliphatic carbocycles. The number of hydrogen-bond acceptors (Lipinski definition) is 17. The molecule has 0 fully saturated rings. The lowest BCUT2D eigenvalue weighted by atomic mass is 10.0. The van der Waals surface area contributed by atoms with Crippen molar-refractivity contribution >= 4 is 44.3 Å². The van der Waals surface area contributed by atoms with Gasteiger partial charge in [-0.05, 0) is 100 Å². The largest absolute Gasteiger partial charge is 0.259 e. The maximum Gasteiger partial charge on any atom is 0.200 e. The molecule has 0 spiro atoms. The van der Waals surface area contributed by atoms with Gasteiger partial charge in [0.2, 0.25) is 0 Å². The van der Waals surface area contributed by atoms with Crippen LogP contribution >= 0.6 is 0 Å². The number of aryl methyl sites for hydroxylation is 6. The van der Waals surface area contributed by atoms with E-state index >= 15 is 0 Å². The molecule has 10 rings (SSSR count). The molecule has 0 saturated heterocycles. The second-order valence-electron chi connectivity index (χ2n) is 20.0. The highest BCUT2D eigenvalue weighted by atomic mass is 15.2. The number of fused-ring (bicyclic) bond motifs is 5. The third-order valence-electron chi connectivity index (χ3n) is 11.7. The van der Waals surface area contributed by atoms with Crippen molar-refractivity contribution < 1.29 is 0 Å². The summed E-state index contributed by atoms with van der Waals surface area (Å²) >= 11 is 0. The lowest BCUT2D eigenvalue weighted by molar-refractivity contribution is 0.579. The van der Waals surface area contributed by atoms with Crippen LogP contribution in [0.5, 0.6) is 0 Å². The Morgan fingerprint density at radius 1 is 0.452 bits per heavy atom. The van der Waals surface area contributed by atoms with E-state index in [1.54, 1.807) is 24.8 Å². The second-order valence-corrected chi connectivity index (χ2v) is 20.0. The van der Waals surface area contributed by atoms with Crippen LogP contribution in [0.3, 0.4) is 0 Å². The van der Waals surface area contributed by atoms with Gasteiger partial charge in [0.15, 0.2) is 17.1 Å². The fourth-order valence-electron chi connectivity index (χ4n) is 7.29. The van der Waals surface area contributed by atoms with Crippen molar-refractivity contribution in [1.82, 2.24) is 85.2 Å². The summed E-state index contributed by atoms with van der Waals surface area (Å²) in [7, 11) is 0. The lowest BCUT2D eigenvalue weighted by Gasteiger charge is -2.13. The molecule has 0 saturated carbocycles. The van der Waals surface area contributed by atoms with Crippen molar-refractivity contribution in [3.8, 4) is 0 Å². The summed E-state index contributed by atoms with van der Waals surface area (Å²) in [6, 6.07) is 5.98. The number of pyridine rings is 2. The third-order valence-corrected chi connectivity index (χ3v) is 11.7. The van der Waals surface area contributed by atoms with Gasteiger partial charge in [-0.15, -0.1) is 10.2 Å². The molecule has 9 aromatic rings. The molecule has 0 N–H and O–H groups in total. The van der Waals surface area contributed by atoms with E-state index in [4.69, 9.17) is 0 Å². The Bertz CT molecular complexity index is 3080. The highest BCUT2D eigenvalue weighted by Crippen LogP contribution is 2.20. The Morgan fingerprint density at radius 2 is 1.04 bits per heavy atom. The van der Waals surface area contributed by atoms with E-state index in [-0.39, 0.29) is 0 Å². The molecule has 0 amide bonds. The maximum atomic E-state index is 4.54. The Labute approximate surface area is 430 Å². The van der Waals surface area contributed by atoms with E-state index in [2.05, 4.69) is 168 Å². The monoisotopic (exact) mass is 984 g/mol. The first kappa shape index (κ1) is 55.1. The summed E-state index contributed by atoms with van der Waals surface area (Å²) in [5.41, 5.74) is 13.3. The van der Waals surface area contributed by atoms with Gasteiger partial charge in [0, 0.05) is 60.9 Å². The van der Waals surface area contributed by atoms with Crippen LogP contribution in [0.1, 0.15) is 177 Å². The Kier molecular flexibility index (Phi) is 20.4. The molecule has 0 bridgehead atoms. The number of rotatable bonds is 10. The van der Waals surface area contributed by atoms with Gasteiger partial charge in [-0.2, -0.15) is 10.2 Å². The minimum atomic E-state index is 0.389. The molecule has 0 atom stereocenters. The molecule has 1 aliphatic rings. The summed E-state index contributed by atoms with van der Waals surface area (Å²) in [4.78, 5) is 56.4. The molecule has 73 heavy (non-hydrogen) atoms. The smallest absolute Gasteiger partial charge is 0.200 e. The van der Waals surface area contributed by atoms with Crippen LogP contribution in [0.2, 0.25) is 0 Å². The second kappa shape index (κ2) is 27.0. The fourth-order valence-corrected chi connectivity index (χ4v) is 7.29. The molecule has 9 heterocycles. The summed E-state index contributed by atoms with van der Waals surface area (Å²) < 4.78 is 0. The molecule has 17 heteroatoms. The van der Waals surface area contributed by atoms with Crippen molar-refractivity contribution in [3.05, 3.63) is 125 Å². The van der Waals surface area contributed by atoms with Crippen molar-refractivity contribution in [2.75, 3.05) is 0 Å². The molecular formula is C56H73N17. The van der Waals surface area contributed by atoms with Gasteiger partial charge in [0.25, 0.3) is 0 Å². The van der Waals surface area contributed by atoms with Crippen LogP contribution in [0.15, 0.2) is 67.8 Å². The Morgan fingerprint density at radius 3 is 1.62 bits per heavy atom. The van der Waals surface area contributed by atoms with E-state index < -0.39 is 0 Å². The van der Waals surface area contributed by atoms with Crippen LogP contribution < -0.4 is 0 Å². The van der Waals surface area contributed by atoms with Crippen molar-refractivity contribution in [1.29, 1.82) is 0 Å². The average Bonchev–Trinajstić information content (AvgIpc) is 3.39. The van der Waals surface area contributed by atoms with Gasteiger partial charge in [-0.1, -0.05) is 83.1 Å². The standard InChI is InChI=1S/2C12H15N3.2C11H14N4.C10H15N3/c2*1-4-9-5-10-12(7-13-9)15-11(6-14-10)8(2)3;1-7(2)4-10-13-6-9-5-12-8(3)14-11(9)15-10;1-8(2)3-4-9-7-10-11(15-14-9)13-6-5-12-10;1-7(2)10-11-8-5-3-4-6-9(8)12-13-10/h2*5-8H,4H2,1-3H3;5-7H,4H2,1-3H3;5-8H,3-4H2,1-2H3;7H,3-6H2,1-2H3. The Balaban J connectivity index is 0.000000149. The molecule has 0 unspecified atom stereocenters. The van der Waals surface area contributed by atoms with E-state index in [0.717, 1.165) is 135 Å². The zero-order valence-electron chi connectivity index (χ0n) is 45.2. The maximum absolute atomic E-state index is 4.54. The van der Waals surface area contributed by atoms with Crippen molar-refractivity contribution in [2.24, 2.45) is 11.8 Å². The summed E-state index contributed by atoms with van der Waals surface area (Å²) in [6.45, 7) is 27.4. The van der Waals surface area contributed by atoms with Crippen LogP contribution in [0.25, 0.3) is 44.3 Å². The highest BCUT2D eigenvalue weighted by Gasteiger charge is 2.15. The van der Waals surface area contributed by atoms with E-state index in [1.807, 2.05) is 49.9 Å². The predicted molar refractivity (Wildman–Crippen MR) is 289 cm³/mol. The van der Waals surface area contributed by atoms with Crippen LogP contribution in [0.4, 0.5) is 0 Å². The predicted octanol–water partition coefficient (Wildman–Crippen LogP) is 11.2. The van der Waals surface area contributed by atoms with E-state index in [9.17, 15) is 0 Å². The number of aromatic nitrogens is 17. The molecule has 0 aliphatic heterocycles. The molecular weight excluding hydrogens is 911 g/mol. The van der Waals surface area contributed by atoms with Gasteiger partial charge in [-0.25, -0.2) is 39.9 Å². The quantitative estimate of drug-likeness (QED) is 0.124. The molecule has 0 aromatic carbocycles. The average molecular weight is 984 g/mol. The van der Waals surface area contributed by atoms with Gasteiger partial charge in [0.1, 0.15) is 28.2 Å². The van der Waals surface area contributed by atoms with Crippen molar-refractivity contribution in [3.63, 3.8) is 0 Å². The summed E-state index contributed by atoms with van der Waals surface area (Å²) in [5.74, 6) is 4.95. The van der Waals surface area contributed by atoms with Crippen LogP contribution in [0, 0.1) is 18.8 Å². The molecule has 9 aromatic heterocycles. The Hall–Kier alpha value is -7.17. The zero-order chi connectivity index (χ0) is 52.4. The van der Waals surface area contributed by atoms with Gasteiger partial charge < -0.3 is 0 Å². The molecule has 382 valence electrons. The van der Waals surface area contributed by atoms with Crippen LogP contribution in [-0.2, 0) is 38.5 Å². The number of hydrogen-bond donors (Lipinski definition) is 0. The lowest BCUT2D eigenvalue weighted by Crippen LogP contribution is -2.12. The highest BCUT2D eigenvalue weighted by molar-refractivity contribution is 5.74. The first-order valence-electron chi connectivity index (χ1n) is 25.9. The van der Waals surface area contributed by atoms with Crippen LogP contribution in [-0.4, -0.2) is 85.2 Å². The zero-order valence-corrected chi connectivity index (χ0v) is 45.2. The number of nitrogens with zero attached hydrogens (tertiary/aromatic N) is 17. The fraction of sp³-hybridized carbons (Fsp3) is 0.482. The topological polar surface area (TPSA) is 219 Å². The minimum absolute atomic E-state index is 0.389. The van der Waals surface area contributed by atoms with Gasteiger partial charge in [0.05, 0.1) is 57.3 Å². The minimum Gasteiger partial charge on any atom is -0.259 e. The normalized spacial score (nSPS) is 12.0. The first-order valence-corrected chi connectivity index (χ1v) is 25.9. The first-order chi connectivity index (χ1) is 35.1. The van der Waals surface area contributed by atoms with E-state index in [1.165, 1.54) is 18.5 Å². The summed E-state index contributed by atoms with van der Waals surface area (Å²) in [5, 5.41) is 17.4. The van der Waals surface area contributed by atoms with Crippen molar-refractivity contribution in [2.45, 2.75) is 166 Å². The van der Waals surface area contributed by atoms with E-state index in [0.29, 0.717) is 35.2 Å². The third kappa shape index (κ3) is 16.7. The summed E-state index contributed by atoms with van der Waals surface area (Å²) in [6.07, 6.45) is 23.7. The molecule has 17 nitrogen and oxygen atoms in total.